The molecule has 74 valence electrons. The summed E-state index contributed by atoms with van der Waals surface area (Å²) in [5.74, 6) is 0.0437. The molecule has 0 saturated heterocycles. The third-order valence-electron chi connectivity index (χ3n) is 1.81. The average molecular weight is 182 g/mol. The Morgan fingerprint density at radius 1 is 1.23 bits per heavy atom. The van der Waals surface area contributed by atoms with Gasteiger partial charge in [-0.3, -0.25) is 9.59 Å². The Labute approximate surface area is 80.0 Å². The third kappa shape index (κ3) is 8.99. The van der Waals surface area contributed by atoms with Gasteiger partial charge in [0, 0.05) is 6.42 Å². The molecule has 0 aromatic heterocycles. The van der Waals surface area contributed by atoms with Gasteiger partial charge in [0.05, 0.1) is 6.42 Å². The summed E-state index contributed by atoms with van der Waals surface area (Å²) < 4.78 is 0. The van der Waals surface area contributed by atoms with Crippen LogP contribution in [0.3, 0.4) is 0 Å². The number of allylic oxidation sites excluding steroid dienone is 1. The summed E-state index contributed by atoms with van der Waals surface area (Å²) in [6.45, 7) is 5.08. The minimum Gasteiger partial charge on any atom is -0.300 e. The monoisotopic (exact) mass is 182 g/mol. The molecular weight excluding hydrogens is 164 g/mol. The van der Waals surface area contributed by atoms with E-state index in [9.17, 15) is 9.59 Å². The Kier molecular flexibility index (Phi) is 7.17. The van der Waals surface area contributed by atoms with Gasteiger partial charge in [-0.15, -0.1) is 6.58 Å². The van der Waals surface area contributed by atoms with Gasteiger partial charge in [-0.2, -0.15) is 0 Å². The molecule has 0 atom stereocenters. The van der Waals surface area contributed by atoms with Gasteiger partial charge in [0.1, 0.15) is 11.6 Å². The second-order valence-electron chi connectivity index (χ2n) is 3.31. The first-order chi connectivity index (χ1) is 6.16. The van der Waals surface area contributed by atoms with Crippen LogP contribution in [0, 0.1) is 0 Å². The summed E-state index contributed by atoms with van der Waals surface area (Å²) in [5.41, 5.74) is 0. The summed E-state index contributed by atoms with van der Waals surface area (Å²) in [7, 11) is 0. The molecule has 0 saturated carbocycles. The third-order valence-corrected chi connectivity index (χ3v) is 1.81. The normalized spacial score (nSPS) is 9.62. The van der Waals surface area contributed by atoms with Gasteiger partial charge < -0.3 is 0 Å². The largest absolute Gasteiger partial charge is 0.300 e. The van der Waals surface area contributed by atoms with Gasteiger partial charge in [-0.1, -0.05) is 12.5 Å². The Morgan fingerprint density at radius 2 is 1.92 bits per heavy atom. The van der Waals surface area contributed by atoms with E-state index < -0.39 is 0 Å². The van der Waals surface area contributed by atoms with Crippen molar-refractivity contribution in [1.29, 1.82) is 0 Å². The fraction of sp³-hybridized carbons (Fsp3) is 0.636. The molecule has 0 aliphatic carbocycles. The molecule has 0 aliphatic rings. The topological polar surface area (TPSA) is 34.1 Å². The minimum atomic E-state index is -0.0314. The Bertz CT molecular complexity index is 183. The lowest BCUT2D eigenvalue weighted by Crippen LogP contribution is -2.03. The van der Waals surface area contributed by atoms with Gasteiger partial charge >= 0.3 is 0 Å². The zero-order valence-corrected chi connectivity index (χ0v) is 8.34. The highest BCUT2D eigenvalue weighted by molar-refractivity contribution is 5.97. The molecule has 0 amide bonds. The Balaban J connectivity index is 3.26. The van der Waals surface area contributed by atoms with E-state index in [4.69, 9.17) is 0 Å². The molecule has 0 heterocycles. The van der Waals surface area contributed by atoms with Crippen LogP contribution in [0.4, 0.5) is 0 Å². The second kappa shape index (κ2) is 7.71. The minimum absolute atomic E-state index is 0.0314. The fourth-order valence-electron chi connectivity index (χ4n) is 1.15. The predicted octanol–water partition coefficient (Wildman–Crippen LogP) is 2.67. The average Bonchev–Trinajstić information content (AvgIpc) is 2.02. The molecule has 13 heavy (non-hydrogen) atoms. The van der Waals surface area contributed by atoms with E-state index in [-0.39, 0.29) is 18.0 Å². The molecule has 0 rings (SSSR count). The van der Waals surface area contributed by atoms with Gasteiger partial charge in [0.15, 0.2) is 0 Å². The number of hydrogen-bond donors (Lipinski definition) is 0. The maximum absolute atomic E-state index is 11.0. The maximum Gasteiger partial charge on any atom is 0.140 e. The van der Waals surface area contributed by atoms with Crippen LogP contribution < -0.4 is 0 Å². The number of carbonyl (C=O) groups excluding carboxylic acids is 2. The number of unbranched alkanes of at least 4 members (excludes halogenated alkanes) is 3. The molecule has 0 radical (unpaired) electrons. The molecule has 0 spiro atoms. The molecule has 0 fully saturated rings. The first kappa shape index (κ1) is 12.1. The fourth-order valence-corrected chi connectivity index (χ4v) is 1.15. The molecule has 0 aromatic rings. The molecule has 0 unspecified atom stereocenters. The van der Waals surface area contributed by atoms with Crippen LogP contribution in [0.25, 0.3) is 0 Å². The summed E-state index contributed by atoms with van der Waals surface area (Å²) in [6.07, 6.45) is 6.61. The summed E-state index contributed by atoms with van der Waals surface area (Å²) in [4.78, 5) is 21.6. The molecule has 2 nitrogen and oxygen atoms in total. The van der Waals surface area contributed by atoms with Crippen LogP contribution in [0.1, 0.15) is 45.4 Å². The number of carbonyl (C=O) groups is 2. The molecular formula is C11H18O2. The summed E-state index contributed by atoms with van der Waals surface area (Å²) in [6, 6.07) is 0. The van der Waals surface area contributed by atoms with E-state index >= 15 is 0 Å². The predicted molar refractivity (Wildman–Crippen MR) is 53.6 cm³/mol. The smallest absolute Gasteiger partial charge is 0.140 e. The number of Topliss-reactive ketones (excluding diaryl/α,β-unsaturated/α-hetero) is 2. The SMILES string of the molecule is C=CCCCCCC(=O)CC(C)=O. The van der Waals surface area contributed by atoms with Crippen molar-refractivity contribution >= 4 is 11.6 Å². The first-order valence-corrected chi connectivity index (χ1v) is 4.79. The van der Waals surface area contributed by atoms with Crippen LogP contribution >= 0.6 is 0 Å². The van der Waals surface area contributed by atoms with Crippen molar-refractivity contribution in [3.05, 3.63) is 12.7 Å². The van der Waals surface area contributed by atoms with E-state index in [1.807, 2.05) is 6.08 Å². The van der Waals surface area contributed by atoms with Crippen LogP contribution in [0.5, 0.6) is 0 Å². The van der Waals surface area contributed by atoms with Gasteiger partial charge in [0.25, 0.3) is 0 Å². The van der Waals surface area contributed by atoms with Crippen LogP contribution in [0.15, 0.2) is 12.7 Å². The Morgan fingerprint density at radius 3 is 2.46 bits per heavy atom. The van der Waals surface area contributed by atoms with Crippen molar-refractivity contribution < 1.29 is 9.59 Å². The highest BCUT2D eigenvalue weighted by Gasteiger charge is 2.03. The highest BCUT2D eigenvalue weighted by atomic mass is 16.1. The molecule has 2 heteroatoms. The van der Waals surface area contributed by atoms with E-state index in [2.05, 4.69) is 6.58 Å². The first-order valence-electron chi connectivity index (χ1n) is 4.79. The second-order valence-corrected chi connectivity index (χ2v) is 3.31. The van der Waals surface area contributed by atoms with Gasteiger partial charge in [0.2, 0.25) is 0 Å². The quantitative estimate of drug-likeness (QED) is 0.328. The zero-order chi connectivity index (χ0) is 10.1. The van der Waals surface area contributed by atoms with Gasteiger partial charge in [-0.25, -0.2) is 0 Å². The van der Waals surface area contributed by atoms with Crippen molar-refractivity contribution in [1.82, 2.24) is 0 Å². The lowest BCUT2D eigenvalue weighted by molar-refractivity contribution is -0.125. The number of ketones is 2. The standard InChI is InChI=1S/C11H18O2/c1-3-4-5-6-7-8-11(13)9-10(2)12/h3H,1,4-9H2,2H3. The molecule has 0 bridgehead atoms. The highest BCUT2D eigenvalue weighted by Crippen LogP contribution is 2.05. The van der Waals surface area contributed by atoms with Crippen LogP contribution in [-0.2, 0) is 9.59 Å². The maximum atomic E-state index is 11.0. The molecule has 0 N–H and O–H groups in total. The summed E-state index contributed by atoms with van der Waals surface area (Å²) in [5, 5.41) is 0. The van der Waals surface area contributed by atoms with Crippen molar-refractivity contribution in [2.24, 2.45) is 0 Å². The van der Waals surface area contributed by atoms with Crippen molar-refractivity contribution in [3.63, 3.8) is 0 Å². The van der Waals surface area contributed by atoms with E-state index in [1.54, 1.807) is 0 Å². The summed E-state index contributed by atoms with van der Waals surface area (Å²) >= 11 is 0. The Hall–Kier alpha value is -0.920. The van der Waals surface area contributed by atoms with Crippen LogP contribution in [-0.4, -0.2) is 11.6 Å². The van der Waals surface area contributed by atoms with Crippen molar-refractivity contribution in [2.45, 2.75) is 45.4 Å². The van der Waals surface area contributed by atoms with E-state index in [0.29, 0.717) is 6.42 Å². The molecule has 0 aromatic carbocycles. The van der Waals surface area contributed by atoms with Crippen LogP contribution in [0.2, 0.25) is 0 Å². The van der Waals surface area contributed by atoms with Crippen molar-refractivity contribution in [3.8, 4) is 0 Å². The van der Waals surface area contributed by atoms with E-state index in [1.165, 1.54) is 6.92 Å². The van der Waals surface area contributed by atoms with Crippen molar-refractivity contribution in [2.75, 3.05) is 0 Å². The molecule has 0 aliphatic heterocycles. The number of rotatable bonds is 8. The van der Waals surface area contributed by atoms with E-state index in [0.717, 1.165) is 25.7 Å². The zero-order valence-electron chi connectivity index (χ0n) is 8.34. The lowest BCUT2D eigenvalue weighted by Gasteiger charge is -1.97. The van der Waals surface area contributed by atoms with Gasteiger partial charge in [-0.05, 0) is 26.2 Å². The number of hydrogen-bond acceptors (Lipinski definition) is 2. The lowest BCUT2D eigenvalue weighted by atomic mass is 10.1.